The van der Waals surface area contributed by atoms with Crippen LogP contribution in [0.1, 0.15) is 31.8 Å². The van der Waals surface area contributed by atoms with E-state index >= 15 is 0 Å². The van der Waals surface area contributed by atoms with Crippen LogP contribution in [0.5, 0.6) is 0 Å². The van der Waals surface area contributed by atoms with Crippen LogP contribution in [0.25, 0.3) is 0 Å². The lowest BCUT2D eigenvalue weighted by Crippen LogP contribution is -2.35. The standard InChI is InChI=1S/C19H16O6/c1-23-17(20)14-7-4-5-12(9-14)11-24-19(22)16-10-13-6-2-3-8-15(13)18(21)25-16/h2-9,16H,10-11H2,1H3/t16-/m0/s1. The molecule has 0 unspecified atom stereocenters. The molecule has 0 fully saturated rings. The molecule has 1 aliphatic heterocycles. The molecule has 0 N–H and O–H groups in total. The second kappa shape index (κ2) is 7.17. The number of rotatable bonds is 4. The Bertz CT molecular complexity index is 826. The van der Waals surface area contributed by atoms with Crippen molar-refractivity contribution in [2.75, 3.05) is 7.11 Å². The lowest BCUT2D eigenvalue weighted by molar-refractivity contribution is -0.155. The monoisotopic (exact) mass is 340 g/mol. The number of fused-ring (bicyclic) bond motifs is 1. The van der Waals surface area contributed by atoms with Gasteiger partial charge in [-0.3, -0.25) is 0 Å². The zero-order valence-corrected chi connectivity index (χ0v) is 13.6. The average Bonchev–Trinajstić information content (AvgIpc) is 2.65. The van der Waals surface area contributed by atoms with Crippen molar-refractivity contribution in [1.82, 2.24) is 0 Å². The molecule has 25 heavy (non-hydrogen) atoms. The second-order valence-corrected chi connectivity index (χ2v) is 5.55. The van der Waals surface area contributed by atoms with Crippen molar-refractivity contribution in [3.05, 3.63) is 70.8 Å². The molecule has 1 aliphatic rings. The summed E-state index contributed by atoms with van der Waals surface area (Å²) in [6.45, 7) is -0.0284. The van der Waals surface area contributed by atoms with E-state index in [0.717, 1.165) is 5.56 Å². The highest BCUT2D eigenvalue weighted by Crippen LogP contribution is 2.21. The molecule has 3 rings (SSSR count). The highest BCUT2D eigenvalue weighted by molar-refractivity contribution is 5.95. The molecule has 0 aromatic heterocycles. The number of hydrogen-bond acceptors (Lipinski definition) is 6. The fourth-order valence-corrected chi connectivity index (χ4v) is 2.62. The first-order valence-electron chi connectivity index (χ1n) is 7.71. The number of carbonyl (C=O) groups is 3. The fraction of sp³-hybridized carbons (Fsp3) is 0.211. The lowest BCUT2D eigenvalue weighted by Gasteiger charge is -2.23. The number of hydrogen-bond donors (Lipinski definition) is 0. The molecule has 2 aromatic rings. The number of cyclic esters (lactones) is 1. The SMILES string of the molecule is COC(=O)c1cccc(COC(=O)[C@@H]2Cc3ccccc3C(=O)O2)c1. The molecule has 0 amide bonds. The molecule has 1 heterocycles. The first-order valence-corrected chi connectivity index (χ1v) is 7.71. The van der Waals surface area contributed by atoms with Crippen LogP contribution < -0.4 is 0 Å². The Balaban J connectivity index is 1.64. The molecule has 2 aromatic carbocycles. The van der Waals surface area contributed by atoms with Gasteiger partial charge in [-0.15, -0.1) is 0 Å². The van der Waals surface area contributed by atoms with Gasteiger partial charge < -0.3 is 14.2 Å². The van der Waals surface area contributed by atoms with Gasteiger partial charge in [0.1, 0.15) is 6.61 Å². The average molecular weight is 340 g/mol. The van der Waals surface area contributed by atoms with Crippen LogP contribution in [0, 0.1) is 0 Å². The second-order valence-electron chi connectivity index (χ2n) is 5.55. The zero-order chi connectivity index (χ0) is 17.8. The molecule has 0 radical (unpaired) electrons. The molecule has 6 nitrogen and oxygen atoms in total. The maximum atomic E-state index is 12.2. The van der Waals surface area contributed by atoms with Gasteiger partial charge in [0.05, 0.1) is 18.2 Å². The summed E-state index contributed by atoms with van der Waals surface area (Å²) in [5, 5.41) is 0. The highest BCUT2D eigenvalue weighted by Gasteiger charge is 2.32. The van der Waals surface area contributed by atoms with Crippen LogP contribution in [-0.2, 0) is 32.0 Å². The van der Waals surface area contributed by atoms with Crippen molar-refractivity contribution in [3.8, 4) is 0 Å². The molecule has 128 valence electrons. The highest BCUT2D eigenvalue weighted by atomic mass is 16.6. The minimum absolute atomic E-state index is 0.0284. The summed E-state index contributed by atoms with van der Waals surface area (Å²) in [5.74, 6) is -1.62. The van der Waals surface area contributed by atoms with E-state index in [1.165, 1.54) is 7.11 Å². The molecule has 0 saturated heterocycles. The summed E-state index contributed by atoms with van der Waals surface area (Å²) in [5.41, 5.74) is 2.23. The van der Waals surface area contributed by atoms with Crippen molar-refractivity contribution in [1.29, 1.82) is 0 Å². The van der Waals surface area contributed by atoms with Gasteiger partial charge in [-0.05, 0) is 29.3 Å². The maximum absolute atomic E-state index is 12.2. The van der Waals surface area contributed by atoms with Gasteiger partial charge >= 0.3 is 17.9 Å². The van der Waals surface area contributed by atoms with Crippen molar-refractivity contribution in [3.63, 3.8) is 0 Å². The molecular formula is C19H16O6. The van der Waals surface area contributed by atoms with E-state index in [-0.39, 0.29) is 13.0 Å². The van der Waals surface area contributed by atoms with Gasteiger partial charge in [0.15, 0.2) is 0 Å². The Hall–Kier alpha value is -3.15. The summed E-state index contributed by atoms with van der Waals surface area (Å²) < 4.78 is 15.0. The summed E-state index contributed by atoms with van der Waals surface area (Å²) in [6.07, 6.45) is -0.686. The van der Waals surface area contributed by atoms with Gasteiger partial charge in [0, 0.05) is 6.42 Å². The van der Waals surface area contributed by atoms with Gasteiger partial charge in [-0.25, -0.2) is 14.4 Å². The first kappa shape index (κ1) is 16.7. The van der Waals surface area contributed by atoms with Crippen LogP contribution in [-0.4, -0.2) is 31.1 Å². The first-order chi connectivity index (χ1) is 12.1. The van der Waals surface area contributed by atoms with Crippen LogP contribution in [0.15, 0.2) is 48.5 Å². The molecule has 0 aliphatic carbocycles. The topological polar surface area (TPSA) is 78.9 Å². The van der Waals surface area contributed by atoms with E-state index in [9.17, 15) is 14.4 Å². The third-order valence-corrected chi connectivity index (χ3v) is 3.88. The molecule has 0 saturated carbocycles. The minimum Gasteiger partial charge on any atom is -0.465 e. The van der Waals surface area contributed by atoms with E-state index < -0.39 is 24.0 Å². The quantitative estimate of drug-likeness (QED) is 0.628. The Morgan fingerprint density at radius 3 is 2.76 bits per heavy atom. The summed E-state index contributed by atoms with van der Waals surface area (Å²) in [7, 11) is 1.30. The number of ether oxygens (including phenoxy) is 3. The molecule has 6 heteroatoms. The zero-order valence-electron chi connectivity index (χ0n) is 13.6. The molecule has 1 atom stereocenters. The maximum Gasteiger partial charge on any atom is 0.348 e. The third-order valence-electron chi connectivity index (χ3n) is 3.88. The predicted molar refractivity (Wildman–Crippen MR) is 86.9 cm³/mol. The summed E-state index contributed by atoms with van der Waals surface area (Å²) in [4.78, 5) is 35.7. The fourth-order valence-electron chi connectivity index (χ4n) is 2.62. The number of esters is 3. The van der Waals surface area contributed by atoms with E-state index in [0.29, 0.717) is 16.7 Å². The van der Waals surface area contributed by atoms with Crippen LogP contribution in [0.2, 0.25) is 0 Å². The van der Waals surface area contributed by atoms with Crippen LogP contribution in [0.4, 0.5) is 0 Å². The number of methoxy groups -OCH3 is 1. The minimum atomic E-state index is -0.966. The third kappa shape index (κ3) is 3.68. The van der Waals surface area contributed by atoms with Gasteiger partial charge in [0.25, 0.3) is 0 Å². The van der Waals surface area contributed by atoms with Crippen molar-refractivity contribution >= 4 is 17.9 Å². The van der Waals surface area contributed by atoms with Crippen molar-refractivity contribution in [2.24, 2.45) is 0 Å². The largest absolute Gasteiger partial charge is 0.465 e. The van der Waals surface area contributed by atoms with Crippen molar-refractivity contribution < 1.29 is 28.6 Å². The molecule has 0 spiro atoms. The Kier molecular flexibility index (Phi) is 4.79. The van der Waals surface area contributed by atoms with Gasteiger partial charge in [0.2, 0.25) is 6.10 Å². The Labute approximate surface area is 144 Å². The summed E-state index contributed by atoms with van der Waals surface area (Å²) in [6, 6.07) is 13.6. The summed E-state index contributed by atoms with van der Waals surface area (Å²) >= 11 is 0. The Morgan fingerprint density at radius 1 is 1.16 bits per heavy atom. The van der Waals surface area contributed by atoms with Crippen LogP contribution >= 0.6 is 0 Å². The number of benzene rings is 2. The smallest absolute Gasteiger partial charge is 0.348 e. The van der Waals surface area contributed by atoms with Gasteiger partial charge in [-0.1, -0.05) is 30.3 Å². The van der Waals surface area contributed by atoms with E-state index in [1.807, 2.05) is 0 Å². The predicted octanol–water partition coefficient (Wildman–Crippen LogP) is 2.30. The van der Waals surface area contributed by atoms with E-state index in [4.69, 9.17) is 9.47 Å². The molecule has 0 bridgehead atoms. The lowest BCUT2D eigenvalue weighted by atomic mass is 9.99. The van der Waals surface area contributed by atoms with E-state index in [1.54, 1.807) is 48.5 Å². The van der Waals surface area contributed by atoms with Gasteiger partial charge in [-0.2, -0.15) is 0 Å². The van der Waals surface area contributed by atoms with Crippen LogP contribution in [0.3, 0.4) is 0 Å². The van der Waals surface area contributed by atoms with E-state index in [2.05, 4.69) is 4.74 Å². The molecular weight excluding hydrogens is 324 g/mol. The normalized spacial score (nSPS) is 15.7. The number of carbonyl (C=O) groups excluding carboxylic acids is 3. The van der Waals surface area contributed by atoms with Crippen molar-refractivity contribution in [2.45, 2.75) is 19.1 Å². The Morgan fingerprint density at radius 2 is 1.96 bits per heavy atom.